The molecule has 15 heavy (non-hydrogen) atoms. The number of nitrogens with two attached hydrogens (primary N) is 1. The third kappa shape index (κ3) is 4.00. The van der Waals surface area contributed by atoms with E-state index in [0.29, 0.717) is 5.92 Å². The lowest BCUT2D eigenvalue weighted by Gasteiger charge is -2.19. The highest BCUT2D eigenvalue weighted by molar-refractivity contribution is 5.16. The van der Waals surface area contributed by atoms with Crippen molar-refractivity contribution < 1.29 is 0 Å². The van der Waals surface area contributed by atoms with E-state index in [2.05, 4.69) is 31.0 Å². The zero-order valence-corrected chi connectivity index (χ0v) is 9.82. The molecular formula is C13H22N2. The van der Waals surface area contributed by atoms with Crippen molar-refractivity contribution in [1.29, 1.82) is 0 Å². The molecule has 1 heterocycles. The second-order valence-electron chi connectivity index (χ2n) is 4.34. The van der Waals surface area contributed by atoms with Gasteiger partial charge in [-0.05, 0) is 42.5 Å². The number of nitrogens with zero attached hydrogens (tertiary/aromatic N) is 1. The van der Waals surface area contributed by atoms with Crippen LogP contribution in [-0.2, 0) is 0 Å². The highest BCUT2D eigenvalue weighted by Crippen LogP contribution is 2.24. The average Bonchev–Trinajstić information content (AvgIpc) is 2.27. The molecule has 0 aliphatic rings. The van der Waals surface area contributed by atoms with E-state index in [1.54, 1.807) is 0 Å². The minimum Gasteiger partial charge on any atom is -0.330 e. The Morgan fingerprint density at radius 1 is 1.33 bits per heavy atom. The van der Waals surface area contributed by atoms with Crippen LogP contribution < -0.4 is 5.73 Å². The maximum atomic E-state index is 5.83. The van der Waals surface area contributed by atoms with Gasteiger partial charge < -0.3 is 5.73 Å². The topological polar surface area (TPSA) is 38.9 Å². The molecule has 0 aromatic carbocycles. The second kappa shape index (κ2) is 6.57. The van der Waals surface area contributed by atoms with Gasteiger partial charge in [-0.25, -0.2) is 0 Å². The molecule has 1 rings (SSSR count). The summed E-state index contributed by atoms with van der Waals surface area (Å²) in [4.78, 5) is 4.04. The van der Waals surface area contributed by atoms with Crippen LogP contribution in [0.4, 0.5) is 0 Å². The van der Waals surface area contributed by atoms with E-state index in [1.165, 1.54) is 24.8 Å². The minimum absolute atomic E-state index is 0.495. The van der Waals surface area contributed by atoms with Gasteiger partial charge in [0.05, 0.1) is 0 Å². The van der Waals surface area contributed by atoms with Crippen molar-refractivity contribution in [1.82, 2.24) is 4.98 Å². The molecule has 1 aromatic rings. The Bertz CT molecular complexity index is 258. The van der Waals surface area contributed by atoms with Crippen LogP contribution in [0.5, 0.6) is 0 Å². The third-order valence-corrected chi connectivity index (χ3v) is 2.93. The van der Waals surface area contributed by atoms with Crippen molar-refractivity contribution >= 4 is 0 Å². The van der Waals surface area contributed by atoms with Gasteiger partial charge in [-0.15, -0.1) is 0 Å². The fourth-order valence-electron chi connectivity index (χ4n) is 2.10. The molecule has 84 valence electrons. The van der Waals surface area contributed by atoms with E-state index in [9.17, 15) is 0 Å². The van der Waals surface area contributed by atoms with Crippen LogP contribution in [0.3, 0.4) is 0 Å². The summed E-state index contributed by atoms with van der Waals surface area (Å²) in [5.41, 5.74) is 7.16. The first-order valence-corrected chi connectivity index (χ1v) is 5.87. The summed E-state index contributed by atoms with van der Waals surface area (Å²) in [6, 6.07) is 4.16. The molecule has 2 N–H and O–H groups in total. The third-order valence-electron chi connectivity index (χ3n) is 2.93. The van der Waals surface area contributed by atoms with Gasteiger partial charge in [0.1, 0.15) is 0 Å². The van der Waals surface area contributed by atoms with E-state index in [-0.39, 0.29) is 0 Å². The first-order chi connectivity index (χ1) is 7.27. The molecule has 0 spiro atoms. The summed E-state index contributed by atoms with van der Waals surface area (Å²) < 4.78 is 0. The molecule has 0 aliphatic carbocycles. The monoisotopic (exact) mass is 206 g/mol. The Labute approximate surface area is 92.9 Å². The first-order valence-electron chi connectivity index (χ1n) is 5.87. The molecule has 0 amide bonds. The van der Waals surface area contributed by atoms with E-state index in [1.807, 2.05) is 12.4 Å². The fourth-order valence-corrected chi connectivity index (χ4v) is 2.10. The Hall–Kier alpha value is -0.890. The molecule has 0 saturated carbocycles. The van der Waals surface area contributed by atoms with Gasteiger partial charge in [-0.3, -0.25) is 4.98 Å². The Morgan fingerprint density at radius 2 is 2.00 bits per heavy atom. The summed E-state index contributed by atoms with van der Waals surface area (Å²) in [7, 11) is 0. The SMILES string of the molecule is CCC[C@H](C)C[C@@H](CN)c1ccncc1. The quantitative estimate of drug-likeness (QED) is 0.777. The van der Waals surface area contributed by atoms with Gasteiger partial charge >= 0.3 is 0 Å². The molecule has 2 nitrogen and oxygen atoms in total. The summed E-state index contributed by atoms with van der Waals surface area (Å²) in [6.07, 6.45) is 7.44. The Kier molecular flexibility index (Phi) is 5.33. The minimum atomic E-state index is 0.495. The van der Waals surface area contributed by atoms with Crippen LogP contribution in [0.15, 0.2) is 24.5 Å². The van der Waals surface area contributed by atoms with E-state index >= 15 is 0 Å². The standard InChI is InChI=1S/C13H22N2/c1-3-4-11(2)9-13(10-14)12-5-7-15-8-6-12/h5-8,11,13H,3-4,9-10,14H2,1-2H3/t11-,13-/m0/s1. The summed E-state index contributed by atoms with van der Waals surface area (Å²) in [5.74, 6) is 1.26. The molecule has 0 unspecified atom stereocenters. The van der Waals surface area contributed by atoms with Crippen molar-refractivity contribution in [3.63, 3.8) is 0 Å². The van der Waals surface area contributed by atoms with Crippen LogP contribution in [0, 0.1) is 5.92 Å². The maximum absolute atomic E-state index is 5.83. The van der Waals surface area contributed by atoms with E-state index in [0.717, 1.165) is 12.5 Å². The van der Waals surface area contributed by atoms with Gasteiger partial charge in [0, 0.05) is 12.4 Å². The van der Waals surface area contributed by atoms with E-state index in [4.69, 9.17) is 5.73 Å². The number of pyridine rings is 1. The molecule has 0 fully saturated rings. The Balaban J connectivity index is 2.56. The number of hydrogen-bond donors (Lipinski definition) is 1. The number of aromatic nitrogens is 1. The van der Waals surface area contributed by atoms with Gasteiger partial charge in [-0.2, -0.15) is 0 Å². The van der Waals surface area contributed by atoms with Crippen LogP contribution in [0.25, 0.3) is 0 Å². The fraction of sp³-hybridized carbons (Fsp3) is 0.615. The molecule has 1 aromatic heterocycles. The Morgan fingerprint density at radius 3 is 2.53 bits per heavy atom. The predicted octanol–water partition coefficient (Wildman–Crippen LogP) is 2.95. The van der Waals surface area contributed by atoms with Crippen molar-refractivity contribution in [2.45, 2.75) is 39.0 Å². The highest BCUT2D eigenvalue weighted by atomic mass is 14.6. The lowest BCUT2D eigenvalue weighted by molar-refractivity contribution is 0.438. The highest BCUT2D eigenvalue weighted by Gasteiger charge is 2.13. The normalized spacial score (nSPS) is 14.9. The zero-order chi connectivity index (χ0) is 11.1. The van der Waals surface area contributed by atoms with Crippen LogP contribution in [0.2, 0.25) is 0 Å². The molecule has 0 bridgehead atoms. The summed E-state index contributed by atoms with van der Waals surface area (Å²) in [6.45, 7) is 5.28. The van der Waals surface area contributed by atoms with Gasteiger partial charge in [0.15, 0.2) is 0 Å². The predicted molar refractivity (Wildman–Crippen MR) is 64.7 cm³/mol. The molecular weight excluding hydrogens is 184 g/mol. The second-order valence-corrected chi connectivity index (χ2v) is 4.34. The number of rotatable bonds is 6. The first kappa shape index (κ1) is 12.2. The number of hydrogen-bond acceptors (Lipinski definition) is 2. The van der Waals surface area contributed by atoms with Crippen molar-refractivity contribution in [2.24, 2.45) is 11.7 Å². The van der Waals surface area contributed by atoms with Gasteiger partial charge in [0.2, 0.25) is 0 Å². The van der Waals surface area contributed by atoms with Crippen LogP contribution in [0.1, 0.15) is 44.6 Å². The molecule has 2 heteroatoms. The lowest BCUT2D eigenvalue weighted by Crippen LogP contribution is -2.15. The summed E-state index contributed by atoms with van der Waals surface area (Å²) in [5, 5.41) is 0. The van der Waals surface area contributed by atoms with Crippen LogP contribution >= 0.6 is 0 Å². The lowest BCUT2D eigenvalue weighted by atomic mass is 9.88. The largest absolute Gasteiger partial charge is 0.330 e. The van der Waals surface area contributed by atoms with Gasteiger partial charge in [-0.1, -0.05) is 26.7 Å². The van der Waals surface area contributed by atoms with Crippen molar-refractivity contribution in [2.75, 3.05) is 6.54 Å². The molecule has 0 aliphatic heterocycles. The zero-order valence-electron chi connectivity index (χ0n) is 9.82. The van der Waals surface area contributed by atoms with Crippen molar-refractivity contribution in [3.05, 3.63) is 30.1 Å². The van der Waals surface area contributed by atoms with Crippen LogP contribution in [-0.4, -0.2) is 11.5 Å². The maximum Gasteiger partial charge on any atom is 0.0270 e. The molecule has 0 radical (unpaired) electrons. The van der Waals surface area contributed by atoms with Crippen molar-refractivity contribution in [3.8, 4) is 0 Å². The molecule has 2 atom stereocenters. The smallest absolute Gasteiger partial charge is 0.0270 e. The van der Waals surface area contributed by atoms with Gasteiger partial charge in [0.25, 0.3) is 0 Å². The molecule has 0 saturated heterocycles. The van der Waals surface area contributed by atoms with E-state index < -0.39 is 0 Å². The average molecular weight is 206 g/mol. The summed E-state index contributed by atoms with van der Waals surface area (Å²) >= 11 is 0.